The van der Waals surface area contributed by atoms with E-state index in [0.29, 0.717) is 31.6 Å². The van der Waals surface area contributed by atoms with Crippen molar-refractivity contribution in [3.8, 4) is 0 Å². The van der Waals surface area contributed by atoms with Gasteiger partial charge in [0.05, 0.1) is 6.04 Å². The van der Waals surface area contributed by atoms with Crippen molar-refractivity contribution in [2.75, 3.05) is 18.6 Å². The average Bonchev–Trinajstić information content (AvgIpc) is 3.22. The fourth-order valence-corrected chi connectivity index (χ4v) is 4.18. The van der Waals surface area contributed by atoms with Crippen LogP contribution in [0.5, 0.6) is 0 Å². The lowest BCUT2D eigenvalue weighted by Crippen LogP contribution is -2.56. The minimum atomic E-state index is -1.31. The second-order valence-corrected chi connectivity index (χ2v) is 9.66. The Morgan fingerprint density at radius 3 is 2.33 bits per heavy atom. The average molecular weight is 488 g/mol. The van der Waals surface area contributed by atoms with Crippen LogP contribution in [-0.4, -0.2) is 82.3 Å². The Kier molecular flexibility index (Phi) is 12.2. The summed E-state index contributed by atoms with van der Waals surface area (Å²) in [6.45, 7) is 4.34. The highest BCUT2D eigenvalue weighted by Crippen LogP contribution is 2.20. The molecule has 12 heteroatoms. The number of carbonyl (C=O) groups is 5. The molecule has 1 aliphatic rings. The van der Waals surface area contributed by atoms with Crippen molar-refractivity contribution < 1.29 is 29.1 Å². The zero-order valence-corrected chi connectivity index (χ0v) is 20.4. The van der Waals surface area contributed by atoms with E-state index in [-0.39, 0.29) is 31.1 Å². The molecular formula is C21H37N5O6S. The highest BCUT2D eigenvalue weighted by Gasteiger charge is 2.38. The van der Waals surface area contributed by atoms with Gasteiger partial charge in [-0.25, -0.2) is 4.79 Å². The van der Waals surface area contributed by atoms with Gasteiger partial charge in [0.1, 0.15) is 18.1 Å². The highest BCUT2D eigenvalue weighted by atomic mass is 32.2. The van der Waals surface area contributed by atoms with Crippen molar-refractivity contribution in [1.82, 2.24) is 15.5 Å². The molecule has 188 valence electrons. The second-order valence-electron chi connectivity index (χ2n) is 8.67. The standard InChI is InChI=1S/C21H37N5O6S/c1-12(2)11-13(22)20(30)26-9-4-5-16(26)19(29)24-14(8-10-33-3)18(28)25-15(21(31)32)6-7-17(23)27/h12-16H,4-11,22H2,1-3H3,(H2,23,27)(H,24,29)(H,25,28)(H,31,32). The fourth-order valence-electron chi connectivity index (χ4n) is 3.71. The van der Waals surface area contributed by atoms with Crippen LogP contribution >= 0.6 is 11.8 Å². The molecule has 0 spiro atoms. The maximum atomic E-state index is 13.0. The summed E-state index contributed by atoms with van der Waals surface area (Å²) >= 11 is 1.47. The van der Waals surface area contributed by atoms with Gasteiger partial charge in [0, 0.05) is 13.0 Å². The van der Waals surface area contributed by atoms with Gasteiger partial charge in [-0.05, 0) is 50.0 Å². The number of hydrogen-bond donors (Lipinski definition) is 5. The first-order chi connectivity index (χ1) is 15.5. The van der Waals surface area contributed by atoms with Gasteiger partial charge in [-0.1, -0.05) is 13.8 Å². The van der Waals surface area contributed by atoms with E-state index in [0.717, 1.165) is 0 Å². The summed E-state index contributed by atoms with van der Waals surface area (Å²) in [6, 6.07) is -3.72. The van der Waals surface area contributed by atoms with Crippen LogP contribution in [0.25, 0.3) is 0 Å². The molecule has 0 aliphatic carbocycles. The number of primary amides is 1. The predicted molar refractivity (Wildman–Crippen MR) is 125 cm³/mol. The Labute approximate surface area is 198 Å². The number of amides is 4. The number of aliphatic carboxylic acids is 1. The molecule has 0 aromatic rings. The van der Waals surface area contributed by atoms with Crippen LogP contribution in [0.15, 0.2) is 0 Å². The van der Waals surface area contributed by atoms with E-state index in [1.54, 1.807) is 0 Å². The molecule has 4 amide bonds. The molecule has 1 rings (SSSR count). The number of rotatable bonds is 14. The molecule has 0 aromatic carbocycles. The summed E-state index contributed by atoms with van der Waals surface area (Å²) < 4.78 is 0. The molecule has 0 radical (unpaired) electrons. The number of nitrogens with one attached hydrogen (secondary N) is 2. The van der Waals surface area contributed by atoms with Crippen molar-refractivity contribution in [2.45, 2.75) is 76.5 Å². The van der Waals surface area contributed by atoms with Crippen LogP contribution in [0.4, 0.5) is 0 Å². The zero-order chi connectivity index (χ0) is 25.1. The molecule has 7 N–H and O–H groups in total. The third-order valence-corrected chi connectivity index (χ3v) is 6.06. The van der Waals surface area contributed by atoms with Crippen molar-refractivity contribution in [3.05, 3.63) is 0 Å². The van der Waals surface area contributed by atoms with Gasteiger partial charge in [-0.3, -0.25) is 19.2 Å². The van der Waals surface area contributed by atoms with Crippen LogP contribution in [0.3, 0.4) is 0 Å². The number of nitrogens with zero attached hydrogens (tertiary/aromatic N) is 1. The monoisotopic (exact) mass is 487 g/mol. The van der Waals surface area contributed by atoms with Gasteiger partial charge in [-0.15, -0.1) is 0 Å². The van der Waals surface area contributed by atoms with Gasteiger partial charge < -0.3 is 32.1 Å². The van der Waals surface area contributed by atoms with Gasteiger partial charge in [0.25, 0.3) is 0 Å². The molecule has 1 saturated heterocycles. The lowest BCUT2D eigenvalue weighted by Gasteiger charge is -2.29. The minimum Gasteiger partial charge on any atom is -0.480 e. The molecule has 0 aromatic heterocycles. The van der Waals surface area contributed by atoms with Crippen molar-refractivity contribution >= 4 is 41.4 Å². The first-order valence-corrected chi connectivity index (χ1v) is 12.5. The summed E-state index contributed by atoms with van der Waals surface area (Å²) in [5.41, 5.74) is 11.1. The predicted octanol–water partition coefficient (Wildman–Crippen LogP) is -0.576. The summed E-state index contributed by atoms with van der Waals surface area (Å²) in [4.78, 5) is 62.5. The normalized spacial score (nSPS) is 18.5. The Hall–Kier alpha value is -2.34. The lowest BCUT2D eigenvalue weighted by atomic mass is 10.0. The van der Waals surface area contributed by atoms with Gasteiger partial charge in [-0.2, -0.15) is 11.8 Å². The van der Waals surface area contributed by atoms with Gasteiger partial charge in [0.2, 0.25) is 23.6 Å². The number of nitrogens with two attached hydrogens (primary N) is 2. The topological polar surface area (TPSA) is 185 Å². The fraction of sp³-hybridized carbons (Fsp3) is 0.762. The summed E-state index contributed by atoms with van der Waals surface area (Å²) in [6.07, 6.45) is 3.37. The number of hydrogen-bond acceptors (Lipinski definition) is 7. The Bertz CT molecular complexity index is 719. The molecule has 33 heavy (non-hydrogen) atoms. The van der Waals surface area contributed by atoms with E-state index in [4.69, 9.17) is 11.5 Å². The lowest BCUT2D eigenvalue weighted by molar-refractivity contribution is -0.143. The van der Waals surface area contributed by atoms with Crippen molar-refractivity contribution in [1.29, 1.82) is 0 Å². The quantitative estimate of drug-likeness (QED) is 0.215. The summed E-state index contributed by atoms with van der Waals surface area (Å²) in [5, 5.41) is 14.4. The SMILES string of the molecule is CSCCC(NC(=O)C1CCCN1C(=O)C(N)CC(C)C)C(=O)NC(CCC(N)=O)C(=O)O. The van der Waals surface area contributed by atoms with Crippen molar-refractivity contribution in [2.24, 2.45) is 17.4 Å². The van der Waals surface area contributed by atoms with Crippen LogP contribution < -0.4 is 22.1 Å². The molecule has 0 bridgehead atoms. The molecule has 4 unspecified atom stereocenters. The van der Waals surface area contributed by atoms with Gasteiger partial charge >= 0.3 is 5.97 Å². The largest absolute Gasteiger partial charge is 0.480 e. The number of thioether (sulfide) groups is 1. The maximum absolute atomic E-state index is 13.0. The van der Waals surface area contributed by atoms with Crippen molar-refractivity contribution in [3.63, 3.8) is 0 Å². The van der Waals surface area contributed by atoms with Crippen LogP contribution in [-0.2, 0) is 24.0 Å². The van der Waals surface area contributed by atoms with Crippen LogP contribution in [0.2, 0.25) is 0 Å². The zero-order valence-electron chi connectivity index (χ0n) is 19.5. The van der Waals surface area contributed by atoms with E-state index < -0.39 is 47.9 Å². The van der Waals surface area contributed by atoms with E-state index in [1.807, 2.05) is 20.1 Å². The maximum Gasteiger partial charge on any atom is 0.326 e. The number of carboxylic acid groups (broad SMARTS) is 1. The highest BCUT2D eigenvalue weighted by molar-refractivity contribution is 7.98. The van der Waals surface area contributed by atoms with E-state index in [1.165, 1.54) is 16.7 Å². The molecular weight excluding hydrogens is 450 g/mol. The molecule has 4 atom stereocenters. The molecule has 0 saturated carbocycles. The number of likely N-dealkylation sites (tertiary alicyclic amines) is 1. The van der Waals surface area contributed by atoms with Gasteiger partial charge in [0.15, 0.2) is 0 Å². The summed E-state index contributed by atoms with van der Waals surface area (Å²) in [5.74, 6) is -2.62. The molecule has 1 fully saturated rings. The summed E-state index contributed by atoms with van der Waals surface area (Å²) in [7, 11) is 0. The first kappa shape index (κ1) is 28.7. The first-order valence-electron chi connectivity index (χ1n) is 11.1. The number of carbonyl (C=O) groups excluding carboxylic acids is 4. The van der Waals surface area contributed by atoms with Crippen LogP contribution in [0, 0.1) is 5.92 Å². The van der Waals surface area contributed by atoms with E-state index >= 15 is 0 Å². The Balaban J connectivity index is 2.88. The second kappa shape index (κ2) is 14.0. The third-order valence-electron chi connectivity index (χ3n) is 5.42. The van der Waals surface area contributed by atoms with E-state index in [2.05, 4.69) is 10.6 Å². The third kappa shape index (κ3) is 9.58. The molecule has 1 aliphatic heterocycles. The smallest absolute Gasteiger partial charge is 0.326 e. The minimum absolute atomic E-state index is 0.155. The Morgan fingerprint density at radius 1 is 1.12 bits per heavy atom. The molecule has 11 nitrogen and oxygen atoms in total. The number of carboxylic acids is 1. The van der Waals surface area contributed by atoms with E-state index in [9.17, 15) is 29.1 Å². The Morgan fingerprint density at radius 2 is 1.79 bits per heavy atom. The van der Waals surface area contributed by atoms with Crippen LogP contribution in [0.1, 0.15) is 52.4 Å². The molecule has 1 heterocycles.